The van der Waals surface area contributed by atoms with Gasteiger partial charge in [0.15, 0.2) is 18.7 Å². The zero-order valence-corrected chi connectivity index (χ0v) is 37.7. The van der Waals surface area contributed by atoms with Crippen molar-refractivity contribution in [2.45, 2.75) is 255 Å². The minimum Gasteiger partial charge on any atom is -0.462 e. The van der Waals surface area contributed by atoms with Crippen molar-refractivity contribution in [3.63, 3.8) is 0 Å². The average molecular weight is 879 g/mol. The Bertz CT molecular complexity index is 1080. The SMILES string of the molecule is CCCCCCCCCCCCCCCCCCCCCCCCCCC(=O)OC(COC(=O)CCC)COC1OC(COC2OC(CO)C(O)C(O)C2O)C(O)C(O)C1O. The smallest absolute Gasteiger partial charge is 0.306 e. The van der Waals surface area contributed by atoms with Gasteiger partial charge in [0.05, 0.1) is 19.8 Å². The molecule has 15 nitrogen and oxygen atoms in total. The summed E-state index contributed by atoms with van der Waals surface area (Å²) in [5.74, 6) is -0.975. The van der Waals surface area contributed by atoms with E-state index in [1.807, 2.05) is 6.92 Å². The molecule has 11 atom stereocenters. The first kappa shape index (κ1) is 55.6. The van der Waals surface area contributed by atoms with Gasteiger partial charge in [-0.05, 0) is 12.8 Å². The van der Waals surface area contributed by atoms with Gasteiger partial charge in [-0.3, -0.25) is 9.59 Å². The summed E-state index contributed by atoms with van der Waals surface area (Å²) in [5.41, 5.74) is 0. The summed E-state index contributed by atoms with van der Waals surface area (Å²) < 4.78 is 33.0. The van der Waals surface area contributed by atoms with Gasteiger partial charge in [0.25, 0.3) is 0 Å². The third kappa shape index (κ3) is 23.8. The first-order chi connectivity index (χ1) is 29.5. The highest BCUT2D eigenvalue weighted by Crippen LogP contribution is 2.26. The van der Waals surface area contributed by atoms with Crippen molar-refractivity contribution in [3.8, 4) is 0 Å². The molecule has 2 aliphatic heterocycles. The molecule has 2 saturated heterocycles. The second-order valence-corrected chi connectivity index (χ2v) is 17.3. The molecule has 0 amide bonds. The lowest BCUT2D eigenvalue weighted by Gasteiger charge is -2.42. The molecule has 2 heterocycles. The molecule has 0 spiro atoms. The molecule has 2 fully saturated rings. The van der Waals surface area contributed by atoms with E-state index in [0.29, 0.717) is 12.8 Å². The lowest BCUT2D eigenvalue weighted by atomic mass is 9.98. The third-order valence-electron chi connectivity index (χ3n) is 11.8. The van der Waals surface area contributed by atoms with Crippen molar-refractivity contribution in [2.24, 2.45) is 0 Å². The lowest BCUT2D eigenvalue weighted by molar-refractivity contribution is -0.332. The van der Waals surface area contributed by atoms with Crippen LogP contribution < -0.4 is 0 Å². The molecule has 7 N–H and O–H groups in total. The van der Waals surface area contributed by atoms with Crippen LogP contribution in [0.3, 0.4) is 0 Å². The van der Waals surface area contributed by atoms with E-state index in [9.17, 15) is 45.3 Å². The predicted molar refractivity (Wildman–Crippen MR) is 229 cm³/mol. The largest absolute Gasteiger partial charge is 0.462 e. The van der Waals surface area contributed by atoms with E-state index in [4.69, 9.17) is 28.4 Å². The molecule has 11 unspecified atom stereocenters. The normalized spacial score (nSPS) is 27.2. The maximum atomic E-state index is 12.8. The first-order valence-corrected chi connectivity index (χ1v) is 24.1. The zero-order valence-electron chi connectivity index (χ0n) is 37.7. The highest BCUT2D eigenvalue weighted by atomic mass is 16.7. The molecular weight excluding hydrogens is 792 g/mol. The van der Waals surface area contributed by atoms with E-state index in [1.165, 1.54) is 128 Å². The Hall–Kier alpha value is -1.50. The summed E-state index contributed by atoms with van der Waals surface area (Å²) >= 11 is 0. The van der Waals surface area contributed by atoms with E-state index in [2.05, 4.69) is 6.92 Å². The maximum Gasteiger partial charge on any atom is 0.306 e. The summed E-state index contributed by atoms with van der Waals surface area (Å²) in [7, 11) is 0. The van der Waals surface area contributed by atoms with Crippen LogP contribution in [0.2, 0.25) is 0 Å². The van der Waals surface area contributed by atoms with Crippen molar-refractivity contribution in [3.05, 3.63) is 0 Å². The Balaban J connectivity index is 1.59. The van der Waals surface area contributed by atoms with E-state index >= 15 is 0 Å². The van der Waals surface area contributed by atoms with Crippen LogP contribution in [0.15, 0.2) is 0 Å². The van der Waals surface area contributed by atoms with Crippen LogP contribution in [-0.2, 0) is 38.0 Å². The fourth-order valence-corrected chi connectivity index (χ4v) is 7.84. The predicted octanol–water partition coefficient (Wildman–Crippen LogP) is 5.65. The highest BCUT2D eigenvalue weighted by Gasteiger charge is 2.47. The van der Waals surface area contributed by atoms with Crippen molar-refractivity contribution in [1.29, 1.82) is 0 Å². The van der Waals surface area contributed by atoms with Gasteiger partial charge in [-0.25, -0.2) is 0 Å². The molecule has 2 rings (SSSR count). The molecule has 0 aromatic heterocycles. The van der Waals surface area contributed by atoms with Crippen LogP contribution in [0.5, 0.6) is 0 Å². The zero-order chi connectivity index (χ0) is 44.7. The molecule has 0 saturated carbocycles. The number of unbranched alkanes of at least 4 members (excludes halogenated alkanes) is 23. The Morgan fingerprint density at radius 3 is 1.31 bits per heavy atom. The standard InChI is InChI=1S/C46H86O15/c1-3-5-6-7-8-9-10-11-12-13-14-15-16-17-18-19-20-21-22-23-24-25-26-27-29-38(49)59-34(31-56-37(48)28-4-2)32-57-45-44(55)42(53)40(51)36(61-45)33-58-46-43(54)41(52)39(50)35(30-47)60-46/h34-36,39-47,50-55H,3-33H2,1-2H3. The Labute approximate surface area is 366 Å². The number of aliphatic hydroxyl groups excluding tert-OH is 7. The topological polar surface area (TPSA) is 231 Å². The molecule has 0 aromatic rings. The molecule has 360 valence electrons. The minimum absolute atomic E-state index is 0.170. The number of carbonyl (C=O) groups is 2. The number of aliphatic hydroxyl groups is 7. The maximum absolute atomic E-state index is 12.8. The summed E-state index contributed by atoms with van der Waals surface area (Å²) in [4.78, 5) is 24.9. The number of ether oxygens (including phenoxy) is 6. The van der Waals surface area contributed by atoms with Gasteiger partial charge < -0.3 is 64.2 Å². The van der Waals surface area contributed by atoms with E-state index in [-0.39, 0.29) is 26.1 Å². The minimum atomic E-state index is -1.76. The Kier molecular flexibility index (Phi) is 31.8. The first-order valence-electron chi connectivity index (χ1n) is 24.1. The molecule has 61 heavy (non-hydrogen) atoms. The Morgan fingerprint density at radius 2 is 0.869 bits per heavy atom. The van der Waals surface area contributed by atoms with E-state index < -0.39 is 92.7 Å². The number of hydrogen-bond donors (Lipinski definition) is 7. The highest BCUT2D eigenvalue weighted by molar-refractivity contribution is 5.70. The van der Waals surface area contributed by atoms with Crippen LogP contribution >= 0.6 is 0 Å². The molecule has 0 aliphatic carbocycles. The molecule has 0 radical (unpaired) electrons. The monoisotopic (exact) mass is 879 g/mol. The van der Waals surface area contributed by atoms with Gasteiger partial charge in [0, 0.05) is 12.8 Å². The molecule has 0 bridgehead atoms. The fourth-order valence-electron chi connectivity index (χ4n) is 7.84. The van der Waals surface area contributed by atoms with Crippen LogP contribution in [0.1, 0.15) is 187 Å². The van der Waals surface area contributed by atoms with Gasteiger partial charge in [0.2, 0.25) is 0 Å². The quantitative estimate of drug-likeness (QED) is 0.0295. The lowest BCUT2D eigenvalue weighted by Crippen LogP contribution is -2.61. The second-order valence-electron chi connectivity index (χ2n) is 17.3. The number of esters is 2. The van der Waals surface area contributed by atoms with E-state index in [0.717, 1.165) is 19.3 Å². The van der Waals surface area contributed by atoms with Gasteiger partial charge in [-0.1, -0.05) is 162 Å². The number of rotatable bonds is 37. The van der Waals surface area contributed by atoms with Crippen molar-refractivity contribution >= 4 is 11.9 Å². The van der Waals surface area contributed by atoms with Crippen LogP contribution in [-0.4, -0.2) is 142 Å². The molecule has 2 aliphatic rings. The summed E-state index contributed by atoms with van der Waals surface area (Å²) in [5, 5.41) is 71.4. The van der Waals surface area contributed by atoms with Crippen molar-refractivity contribution in [1.82, 2.24) is 0 Å². The van der Waals surface area contributed by atoms with Crippen molar-refractivity contribution < 1.29 is 73.8 Å². The number of hydrogen-bond acceptors (Lipinski definition) is 15. The van der Waals surface area contributed by atoms with Crippen LogP contribution in [0, 0.1) is 0 Å². The van der Waals surface area contributed by atoms with Crippen LogP contribution in [0.4, 0.5) is 0 Å². The third-order valence-corrected chi connectivity index (χ3v) is 11.8. The fraction of sp³-hybridized carbons (Fsp3) is 0.957. The molecule has 0 aromatic carbocycles. The van der Waals surface area contributed by atoms with Crippen molar-refractivity contribution in [2.75, 3.05) is 26.4 Å². The van der Waals surface area contributed by atoms with Gasteiger partial charge >= 0.3 is 11.9 Å². The second kappa shape index (κ2) is 34.8. The molecular formula is C46H86O15. The molecule has 15 heteroatoms. The number of carbonyl (C=O) groups excluding carboxylic acids is 2. The van der Waals surface area contributed by atoms with Gasteiger partial charge in [0.1, 0.15) is 55.4 Å². The van der Waals surface area contributed by atoms with E-state index in [1.54, 1.807) is 0 Å². The average Bonchev–Trinajstić information content (AvgIpc) is 3.25. The summed E-state index contributed by atoms with van der Waals surface area (Å²) in [6.07, 6.45) is 15.0. The van der Waals surface area contributed by atoms with Gasteiger partial charge in [-0.15, -0.1) is 0 Å². The Morgan fingerprint density at radius 1 is 0.459 bits per heavy atom. The summed E-state index contributed by atoms with van der Waals surface area (Å²) in [6, 6.07) is 0. The summed E-state index contributed by atoms with van der Waals surface area (Å²) in [6.45, 7) is 2.21. The van der Waals surface area contributed by atoms with Crippen LogP contribution in [0.25, 0.3) is 0 Å². The van der Waals surface area contributed by atoms with Gasteiger partial charge in [-0.2, -0.15) is 0 Å².